The van der Waals surface area contributed by atoms with Crippen LogP contribution in [0.25, 0.3) is 0 Å². The van der Waals surface area contributed by atoms with Gasteiger partial charge in [0.2, 0.25) is 0 Å². The molecule has 0 saturated heterocycles. The Morgan fingerprint density at radius 3 is 2.33 bits per heavy atom. The summed E-state index contributed by atoms with van der Waals surface area (Å²) in [7, 11) is 0. The largest absolute Gasteiger partial charge is 0.465 e. The van der Waals surface area contributed by atoms with Crippen LogP contribution >= 0.6 is 0 Å². The standard InChI is InChI=1S/C8H14O3.Al.3H/c1-3-4-5-11-8(10)6-7(2)9;;;;/h3-6H2,1-2H3;;;;. The van der Waals surface area contributed by atoms with E-state index in [1.165, 1.54) is 6.92 Å². The average Bonchev–Trinajstić information content (AvgIpc) is 1.86. The molecule has 70 valence electrons. The van der Waals surface area contributed by atoms with E-state index in [-0.39, 0.29) is 29.6 Å². The molecule has 0 atom stereocenters. The predicted molar refractivity (Wildman–Crippen MR) is 51.1 cm³/mol. The molecule has 0 saturated carbocycles. The Bertz CT molecular complexity index is 145. The number of hydrogen-bond acceptors (Lipinski definition) is 3. The minimum absolute atomic E-state index is 0. The molecular weight excluding hydrogens is 171 g/mol. The SMILES string of the molecule is CCCCOC(=O)CC(C)=O.[AlH3]. The monoisotopic (exact) mass is 188 g/mol. The molecule has 4 heteroatoms. The van der Waals surface area contributed by atoms with Crippen LogP contribution < -0.4 is 0 Å². The minimum atomic E-state index is -0.411. The van der Waals surface area contributed by atoms with Gasteiger partial charge < -0.3 is 4.74 Å². The number of carbonyl (C=O) groups is 2. The molecule has 0 heterocycles. The number of ketones is 1. The molecule has 0 amide bonds. The van der Waals surface area contributed by atoms with Crippen molar-refractivity contribution in [2.75, 3.05) is 6.61 Å². The van der Waals surface area contributed by atoms with E-state index in [1.54, 1.807) is 0 Å². The fourth-order valence-electron chi connectivity index (χ4n) is 0.585. The van der Waals surface area contributed by atoms with Crippen LogP contribution in [0.4, 0.5) is 0 Å². The smallest absolute Gasteiger partial charge is 0.313 e. The first-order valence-corrected chi connectivity index (χ1v) is 3.82. The number of esters is 1. The van der Waals surface area contributed by atoms with Crippen molar-refractivity contribution in [2.45, 2.75) is 33.1 Å². The van der Waals surface area contributed by atoms with Crippen molar-refractivity contribution >= 4 is 29.1 Å². The maximum Gasteiger partial charge on any atom is 0.313 e. The Morgan fingerprint density at radius 1 is 1.33 bits per heavy atom. The van der Waals surface area contributed by atoms with Crippen LogP contribution in [0.3, 0.4) is 0 Å². The molecule has 0 aliphatic heterocycles. The molecule has 0 aromatic rings. The summed E-state index contributed by atoms with van der Waals surface area (Å²) in [5.41, 5.74) is 0. The van der Waals surface area contributed by atoms with Gasteiger partial charge in [-0.15, -0.1) is 0 Å². The van der Waals surface area contributed by atoms with Crippen LogP contribution in [0.5, 0.6) is 0 Å². The van der Waals surface area contributed by atoms with Crippen LogP contribution in [-0.2, 0) is 14.3 Å². The van der Waals surface area contributed by atoms with Gasteiger partial charge in [-0.05, 0) is 13.3 Å². The number of ether oxygens (including phenoxy) is 1. The molecule has 3 nitrogen and oxygen atoms in total. The molecule has 0 N–H and O–H groups in total. The van der Waals surface area contributed by atoms with Gasteiger partial charge in [-0.2, -0.15) is 0 Å². The van der Waals surface area contributed by atoms with Crippen LogP contribution in [0.15, 0.2) is 0 Å². The third-order valence-corrected chi connectivity index (χ3v) is 1.15. The van der Waals surface area contributed by atoms with Gasteiger partial charge in [-0.3, -0.25) is 9.59 Å². The summed E-state index contributed by atoms with van der Waals surface area (Å²) in [6.45, 7) is 3.82. The maximum absolute atomic E-state index is 10.7. The fourth-order valence-corrected chi connectivity index (χ4v) is 0.585. The van der Waals surface area contributed by atoms with E-state index in [0.717, 1.165) is 12.8 Å². The van der Waals surface area contributed by atoms with Crippen molar-refractivity contribution in [3.63, 3.8) is 0 Å². The molecule has 0 aliphatic carbocycles. The zero-order valence-corrected chi connectivity index (χ0v) is 7.05. The third-order valence-electron chi connectivity index (χ3n) is 1.15. The zero-order chi connectivity index (χ0) is 8.69. The lowest BCUT2D eigenvalue weighted by Crippen LogP contribution is -2.09. The highest BCUT2D eigenvalue weighted by Gasteiger charge is 2.04. The van der Waals surface area contributed by atoms with Crippen molar-refractivity contribution in [1.82, 2.24) is 0 Å². The molecule has 0 aliphatic rings. The normalized spacial score (nSPS) is 8.50. The average molecular weight is 188 g/mol. The van der Waals surface area contributed by atoms with E-state index in [4.69, 9.17) is 4.74 Å². The fraction of sp³-hybridized carbons (Fsp3) is 0.750. The summed E-state index contributed by atoms with van der Waals surface area (Å²) >= 11 is 0. The molecule has 0 unspecified atom stereocenters. The first-order valence-electron chi connectivity index (χ1n) is 3.82. The molecule has 0 aromatic carbocycles. The van der Waals surface area contributed by atoms with E-state index in [2.05, 4.69) is 0 Å². The van der Waals surface area contributed by atoms with Gasteiger partial charge >= 0.3 is 5.97 Å². The summed E-state index contributed by atoms with van der Waals surface area (Å²) in [5.74, 6) is -0.558. The highest BCUT2D eigenvalue weighted by molar-refractivity contribution is 5.94. The van der Waals surface area contributed by atoms with Crippen LogP contribution in [0.2, 0.25) is 0 Å². The lowest BCUT2D eigenvalue weighted by Gasteiger charge is -2.00. The number of unbranched alkanes of at least 4 members (excludes halogenated alkanes) is 1. The highest BCUT2D eigenvalue weighted by Crippen LogP contribution is 1.92. The Morgan fingerprint density at radius 2 is 1.92 bits per heavy atom. The highest BCUT2D eigenvalue weighted by atomic mass is 27.0. The molecule has 0 aromatic heterocycles. The number of hydrogen-bond donors (Lipinski definition) is 0. The van der Waals surface area contributed by atoms with Gasteiger partial charge in [0.25, 0.3) is 0 Å². The topological polar surface area (TPSA) is 43.4 Å². The number of Topliss-reactive ketones (excluding diaryl/α,β-unsaturated/α-hetero) is 1. The van der Waals surface area contributed by atoms with Gasteiger partial charge in [0.15, 0.2) is 17.4 Å². The Hall–Kier alpha value is -0.328. The van der Waals surface area contributed by atoms with E-state index >= 15 is 0 Å². The molecular formula is C8H17AlO3. The van der Waals surface area contributed by atoms with E-state index < -0.39 is 5.97 Å². The van der Waals surface area contributed by atoms with Crippen molar-refractivity contribution in [3.05, 3.63) is 0 Å². The Labute approximate surface area is 83.6 Å². The zero-order valence-electron chi connectivity index (χ0n) is 7.05. The Kier molecular flexibility index (Phi) is 10.4. The second-order valence-electron chi connectivity index (χ2n) is 2.45. The van der Waals surface area contributed by atoms with Crippen LogP contribution in [-0.4, -0.2) is 35.7 Å². The van der Waals surface area contributed by atoms with Crippen LogP contribution in [0.1, 0.15) is 33.1 Å². The van der Waals surface area contributed by atoms with Crippen LogP contribution in [0, 0.1) is 0 Å². The van der Waals surface area contributed by atoms with Gasteiger partial charge in [0.05, 0.1) is 6.61 Å². The van der Waals surface area contributed by atoms with Gasteiger partial charge in [0, 0.05) is 0 Å². The van der Waals surface area contributed by atoms with E-state index in [0.29, 0.717) is 6.61 Å². The minimum Gasteiger partial charge on any atom is -0.465 e. The summed E-state index contributed by atoms with van der Waals surface area (Å²) in [6.07, 6.45) is 1.76. The second-order valence-corrected chi connectivity index (χ2v) is 2.45. The van der Waals surface area contributed by atoms with Crippen molar-refractivity contribution in [2.24, 2.45) is 0 Å². The number of carbonyl (C=O) groups excluding carboxylic acids is 2. The van der Waals surface area contributed by atoms with Gasteiger partial charge in [-0.1, -0.05) is 13.3 Å². The molecule has 0 bridgehead atoms. The first-order chi connectivity index (χ1) is 5.16. The lowest BCUT2D eigenvalue weighted by molar-refractivity contribution is -0.145. The maximum atomic E-state index is 10.7. The van der Waals surface area contributed by atoms with Crippen molar-refractivity contribution in [1.29, 1.82) is 0 Å². The van der Waals surface area contributed by atoms with Gasteiger partial charge in [0.1, 0.15) is 12.2 Å². The summed E-state index contributed by atoms with van der Waals surface area (Å²) in [6, 6.07) is 0. The number of rotatable bonds is 5. The predicted octanol–water partition coefficient (Wildman–Crippen LogP) is 0.125. The third kappa shape index (κ3) is 9.67. The first kappa shape index (κ1) is 14.2. The summed E-state index contributed by atoms with van der Waals surface area (Å²) < 4.78 is 4.73. The molecule has 0 radical (unpaired) electrons. The molecule has 0 rings (SSSR count). The Balaban J connectivity index is 0. The second kappa shape index (κ2) is 8.77. The van der Waals surface area contributed by atoms with E-state index in [9.17, 15) is 9.59 Å². The molecule has 12 heavy (non-hydrogen) atoms. The molecule has 0 fully saturated rings. The molecule has 0 spiro atoms. The lowest BCUT2D eigenvalue weighted by atomic mass is 10.3. The van der Waals surface area contributed by atoms with Crippen molar-refractivity contribution < 1.29 is 14.3 Å². The quantitative estimate of drug-likeness (QED) is 0.266. The van der Waals surface area contributed by atoms with E-state index in [1.807, 2.05) is 6.92 Å². The van der Waals surface area contributed by atoms with Crippen molar-refractivity contribution in [3.8, 4) is 0 Å². The van der Waals surface area contributed by atoms with Gasteiger partial charge in [-0.25, -0.2) is 0 Å². The summed E-state index contributed by atoms with van der Waals surface area (Å²) in [4.78, 5) is 21.1. The summed E-state index contributed by atoms with van der Waals surface area (Å²) in [5, 5.41) is 0.